The average Bonchev–Trinajstić information content (AvgIpc) is 2.50. The van der Waals surface area contributed by atoms with Gasteiger partial charge in [0, 0.05) is 24.8 Å². The van der Waals surface area contributed by atoms with Gasteiger partial charge in [-0.2, -0.15) is 0 Å². The Kier molecular flexibility index (Phi) is 5.13. The molecule has 0 radical (unpaired) electrons. The first-order valence-corrected chi connectivity index (χ1v) is 7.39. The quantitative estimate of drug-likeness (QED) is 0.797. The summed E-state index contributed by atoms with van der Waals surface area (Å²) in [6, 6.07) is 2.38. The van der Waals surface area contributed by atoms with E-state index >= 15 is 0 Å². The van der Waals surface area contributed by atoms with Crippen molar-refractivity contribution in [2.75, 3.05) is 26.7 Å². The lowest BCUT2D eigenvalue weighted by Crippen LogP contribution is -2.39. The third-order valence-corrected chi connectivity index (χ3v) is 3.90. The van der Waals surface area contributed by atoms with E-state index in [0.29, 0.717) is 11.2 Å². The number of aryl methyl sites for hydroxylation is 1. The number of aromatic nitrogens is 2. The maximum absolute atomic E-state index is 6.02. The lowest BCUT2D eigenvalue weighted by Gasteiger charge is -2.29. The molecule has 1 aliphatic heterocycles. The molecule has 0 bridgehead atoms. The van der Waals surface area contributed by atoms with Crippen molar-refractivity contribution in [2.45, 2.75) is 39.3 Å². The molecular formula is C14H23ClN4. The summed E-state index contributed by atoms with van der Waals surface area (Å²) in [4.78, 5) is 13.8. The second-order valence-corrected chi connectivity index (χ2v) is 5.78. The second kappa shape index (κ2) is 6.64. The Balaban J connectivity index is 2.10. The molecule has 1 aromatic heterocycles. The highest BCUT2D eigenvalue weighted by Gasteiger charge is 2.22. The molecular weight excluding hydrogens is 260 g/mol. The largest absolute Gasteiger partial charge is 0.305 e. The molecule has 2 heterocycles. The monoisotopic (exact) mass is 282 g/mol. The molecule has 19 heavy (non-hydrogen) atoms. The number of hydrogen-bond donors (Lipinski definition) is 0. The van der Waals surface area contributed by atoms with Gasteiger partial charge in [0.2, 0.25) is 0 Å². The van der Waals surface area contributed by atoms with Crippen LogP contribution in [0.2, 0.25) is 5.15 Å². The van der Waals surface area contributed by atoms with E-state index in [2.05, 4.69) is 33.7 Å². The highest BCUT2D eigenvalue weighted by molar-refractivity contribution is 6.29. The van der Waals surface area contributed by atoms with E-state index in [-0.39, 0.29) is 0 Å². The van der Waals surface area contributed by atoms with Crippen molar-refractivity contribution in [1.82, 2.24) is 19.8 Å². The van der Waals surface area contributed by atoms with Crippen molar-refractivity contribution < 1.29 is 0 Å². The van der Waals surface area contributed by atoms with Crippen LogP contribution in [0, 0.1) is 6.92 Å². The molecule has 106 valence electrons. The summed E-state index contributed by atoms with van der Waals surface area (Å²) in [6.07, 6.45) is 2.36. The molecule has 1 unspecified atom stereocenters. The molecule has 1 aromatic rings. The van der Waals surface area contributed by atoms with Gasteiger partial charge in [0.25, 0.3) is 0 Å². The summed E-state index contributed by atoms with van der Waals surface area (Å²) < 4.78 is 0. The van der Waals surface area contributed by atoms with Crippen LogP contribution in [0.15, 0.2) is 6.07 Å². The van der Waals surface area contributed by atoms with Crippen LogP contribution in [-0.4, -0.2) is 52.5 Å². The highest BCUT2D eigenvalue weighted by atomic mass is 35.5. The van der Waals surface area contributed by atoms with Crippen LogP contribution in [0.4, 0.5) is 0 Å². The summed E-state index contributed by atoms with van der Waals surface area (Å²) in [5.41, 5.74) is 0.940. The van der Waals surface area contributed by atoms with Crippen molar-refractivity contribution >= 4 is 11.6 Å². The second-order valence-electron chi connectivity index (χ2n) is 5.40. The van der Waals surface area contributed by atoms with Crippen LogP contribution in [0.1, 0.15) is 31.3 Å². The van der Waals surface area contributed by atoms with Crippen molar-refractivity contribution in [1.29, 1.82) is 0 Å². The Morgan fingerprint density at radius 1 is 1.37 bits per heavy atom. The molecule has 0 spiro atoms. The molecule has 0 saturated carbocycles. The summed E-state index contributed by atoms with van der Waals surface area (Å²) in [5, 5.41) is 0.544. The van der Waals surface area contributed by atoms with Crippen LogP contribution in [0.5, 0.6) is 0 Å². The number of hydrogen-bond acceptors (Lipinski definition) is 4. The summed E-state index contributed by atoms with van der Waals surface area (Å²) >= 11 is 6.02. The van der Waals surface area contributed by atoms with Gasteiger partial charge in [-0.15, -0.1) is 0 Å². The predicted molar refractivity (Wildman–Crippen MR) is 78.4 cm³/mol. The van der Waals surface area contributed by atoms with E-state index in [4.69, 9.17) is 11.6 Å². The fourth-order valence-corrected chi connectivity index (χ4v) is 2.98. The zero-order valence-electron chi connectivity index (χ0n) is 12.1. The zero-order chi connectivity index (χ0) is 13.8. The first kappa shape index (κ1) is 14.7. The third-order valence-electron chi connectivity index (χ3n) is 3.71. The van der Waals surface area contributed by atoms with Crippen LogP contribution >= 0.6 is 11.6 Å². The van der Waals surface area contributed by atoms with Crippen LogP contribution in [0.25, 0.3) is 0 Å². The Morgan fingerprint density at radius 3 is 2.84 bits per heavy atom. The number of halogens is 1. The molecule has 0 N–H and O–H groups in total. The summed E-state index contributed by atoms with van der Waals surface area (Å²) in [7, 11) is 2.20. The lowest BCUT2D eigenvalue weighted by molar-refractivity contribution is 0.172. The highest BCUT2D eigenvalue weighted by Crippen LogP contribution is 2.15. The van der Waals surface area contributed by atoms with Gasteiger partial charge in [0.1, 0.15) is 11.0 Å². The molecule has 0 aliphatic carbocycles. The van der Waals surface area contributed by atoms with E-state index < -0.39 is 0 Å². The Morgan fingerprint density at radius 2 is 2.16 bits per heavy atom. The Bertz CT molecular complexity index is 404. The van der Waals surface area contributed by atoms with Gasteiger partial charge in [0.15, 0.2) is 0 Å². The maximum Gasteiger partial charge on any atom is 0.144 e. The molecule has 0 aromatic carbocycles. The van der Waals surface area contributed by atoms with Gasteiger partial charge in [0.05, 0.1) is 6.54 Å². The molecule has 2 rings (SSSR count). The number of rotatable bonds is 3. The van der Waals surface area contributed by atoms with E-state index in [1.165, 1.54) is 13.0 Å². The third kappa shape index (κ3) is 4.13. The predicted octanol–water partition coefficient (Wildman–Crippen LogP) is 2.35. The van der Waals surface area contributed by atoms with E-state index in [1.807, 2.05) is 6.92 Å². The van der Waals surface area contributed by atoms with E-state index in [0.717, 1.165) is 37.6 Å². The van der Waals surface area contributed by atoms with Gasteiger partial charge in [-0.25, -0.2) is 9.97 Å². The van der Waals surface area contributed by atoms with Crippen LogP contribution in [0.3, 0.4) is 0 Å². The van der Waals surface area contributed by atoms with Crippen molar-refractivity contribution in [3.8, 4) is 0 Å². The van der Waals surface area contributed by atoms with Crippen LogP contribution < -0.4 is 0 Å². The fourth-order valence-electron chi connectivity index (χ4n) is 2.73. The molecule has 5 heteroatoms. The maximum atomic E-state index is 6.02. The van der Waals surface area contributed by atoms with E-state index in [1.54, 1.807) is 6.07 Å². The number of likely N-dealkylation sites (N-methyl/N-ethyl adjacent to an activating group) is 1. The normalized spacial score (nSPS) is 22.4. The minimum atomic E-state index is 0.544. The molecule has 1 saturated heterocycles. The number of nitrogens with zero attached hydrogens (tertiary/aromatic N) is 4. The molecule has 1 atom stereocenters. The smallest absolute Gasteiger partial charge is 0.144 e. The summed E-state index contributed by atoms with van der Waals surface area (Å²) in [5.74, 6) is 0.841. The first-order chi connectivity index (χ1) is 9.08. The molecule has 0 amide bonds. The van der Waals surface area contributed by atoms with Gasteiger partial charge in [-0.1, -0.05) is 18.5 Å². The zero-order valence-corrected chi connectivity index (χ0v) is 12.8. The van der Waals surface area contributed by atoms with E-state index in [9.17, 15) is 0 Å². The SMILES string of the molecule is CCC1CN(C)CCCN1Cc1nc(C)cc(Cl)n1. The minimum absolute atomic E-state index is 0.544. The molecule has 1 aliphatic rings. The average molecular weight is 283 g/mol. The lowest BCUT2D eigenvalue weighted by atomic mass is 10.2. The Labute approximate surface area is 120 Å². The Hall–Kier alpha value is -0.710. The van der Waals surface area contributed by atoms with Gasteiger partial charge in [-0.05, 0) is 39.4 Å². The van der Waals surface area contributed by atoms with Crippen molar-refractivity contribution in [2.24, 2.45) is 0 Å². The topological polar surface area (TPSA) is 32.3 Å². The van der Waals surface area contributed by atoms with Crippen molar-refractivity contribution in [3.05, 3.63) is 22.7 Å². The van der Waals surface area contributed by atoms with Gasteiger partial charge in [-0.3, -0.25) is 4.90 Å². The molecule has 4 nitrogen and oxygen atoms in total. The standard InChI is InChI=1S/C14H23ClN4/c1-4-12-9-18(3)6-5-7-19(12)10-14-16-11(2)8-13(15)17-14/h8,12H,4-7,9-10H2,1-3H3. The molecule has 1 fully saturated rings. The first-order valence-electron chi connectivity index (χ1n) is 7.01. The van der Waals surface area contributed by atoms with Gasteiger partial charge < -0.3 is 4.90 Å². The van der Waals surface area contributed by atoms with Crippen molar-refractivity contribution in [3.63, 3.8) is 0 Å². The fraction of sp³-hybridized carbons (Fsp3) is 0.714. The van der Waals surface area contributed by atoms with Gasteiger partial charge >= 0.3 is 0 Å². The van der Waals surface area contributed by atoms with Crippen LogP contribution in [-0.2, 0) is 6.54 Å². The summed E-state index contributed by atoms with van der Waals surface area (Å²) in [6.45, 7) is 8.41. The minimum Gasteiger partial charge on any atom is -0.305 e.